The molecule has 1 aromatic rings. The summed E-state index contributed by atoms with van der Waals surface area (Å²) in [6.45, 7) is 4.82. The van der Waals surface area contributed by atoms with Crippen molar-refractivity contribution in [1.29, 1.82) is 0 Å². The average molecular weight is 330 g/mol. The minimum atomic E-state index is 0.568. The smallest absolute Gasteiger partial charge is 0.0314 e. The van der Waals surface area contributed by atoms with Gasteiger partial charge in [-0.2, -0.15) is 0 Å². The zero-order valence-electron chi connectivity index (χ0n) is 11.6. The van der Waals surface area contributed by atoms with Crippen LogP contribution in [0.4, 0.5) is 0 Å². The van der Waals surface area contributed by atoms with E-state index in [4.69, 9.17) is 0 Å². The Bertz CT molecular complexity index is 376. The quantitative estimate of drug-likeness (QED) is 0.831. The fraction of sp³-hybridized carbons (Fsp3) is 0.733. The first-order valence-electron chi connectivity index (χ1n) is 6.91. The van der Waals surface area contributed by atoms with Crippen LogP contribution in [-0.4, -0.2) is 13.1 Å². The van der Waals surface area contributed by atoms with Crippen LogP contribution in [0.2, 0.25) is 0 Å². The summed E-state index contributed by atoms with van der Waals surface area (Å²) in [5.74, 6) is 0.844. The van der Waals surface area contributed by atoms with Crippen LogP contribution in [0.1, 0.15) is 44.4 Å². The molecule has 1 heterocycles. The van der Waals surface area contributed by atoms with Crippen LogP contribution >= 0.6 is 27.3 Å². The molecule has 1 aliphatic carbocycles. The van der Waals surface area contributed by atoms with Gasteiger partial charge in [0.2, 0.25) is 0 Å². The monoisotopic (exact) mass is 329 g/mol. The lowest BCUT2D eigenvalue weighted by Crippen LogP contribution is -2.38. The molecule has 0 aromatic carbocycles. The van der Waals surface area contributed by atoms with E-state index in [2.05, 4.69) is 53.6 Å². The van der Waals surface area contributed by atoms with Crippen molar-refractivity contribution < 1.29 is 0 Å². The molecule has 1 aromatic heterocycles. The van der Waals surface area contributed by atoms with Crippen LogP contribution < -0.4 is 5.32 Å². The van der Waals surface area contributed by atoms with E-state index >= 15 is 0 Å². The van der Waals surface area contributed by atoms with Gasteiger partial charge in [0.15, 0.2) is 0 Å². The van der Waals surface area contributed by atoms with Gasteiger partial charge in [0.05, 0.1) is 0 Å². The van der Waals surface area contributed by atoms with E-state index in [1.807, 2.05) is 11.3 Å². The highest BCUT2D eigenvalue weighted by Crippen LogP contribution is 2.40. The Labute approximate surface area is 123 Å². The van der Waals surface area contributed by atoms with E-state index in [0.717, 1.165) is 5.92 Å². The Hall–Kier alpha value is 0.140. The van der Waals surface area contributed by atoms with Crippen LogP contribution in [0.15, 0.2) is 15.9 Å². The maximum Gasteiger partial charge on any atom is 0.0314 e. The molecule has 0 amide bonds. The van der Waals surface area contributed by atoms with Crippen molar-refractivity contribution in [3.05, 3.63) is 20.8 Å². The fourth-order valence-corrected chi connectivity index (χ4v) is 4.57. The molecule has 1 unspecified atom stereocenters. The van der Waals surface area contributed by atoms with Crippen LogP contribution in [0, 0.1) is 11.3 Å². The van der Waals surface area contributed by atoms with E-state index < -0.39 is 0 Å². The van der Waals surface area contributed by atoms with Crippen LogP contribution in [-0.2, 0) is 6.42 Å². The molecule has 2 rings (SSSR count). The minimum Gasteiger partial charge on any atom is -0.316 e. The highest BCUT2D eigenvalue weighted by molar-refractivity contribution is 9.10. The molecule has 0 spiro atoms. The minimum absolute atomic E-state index is 0.568. The van der Waals surface area contributed by atoms with Crippen molar-refractivity contribution in [3.63, 3.8) is 0 Å². The second-order valence-electron chi connectivity index (χ2n) is 6.29. The first-order valence-corrected chi connectivity index (χ1v) is 8.58. The molecular formula is C15H24BrNS. The van der Waals surface area contributed by atoms with Gasteiger partial charge in [-0.15, -0.1) is 11.3 Å². The fourth-order valence-electron chi connectivity index (χ4n) is 3.00. The van der Waals surface area contributed by atoms with Crippen LogP contribution in [0.3, 0.4) is 0 Å². The summed E-state index contributed by atoms with van der Waals surface area (Å²) in [5, 5.41) is 5.73. The lowest BCUT2D eigenvalue weighted by atomic mass is 9.70. The number of nitrogens with one attached hydrogen (secondary N) is 1. The molecule has 1 saturated carbocycles. The first kappa shape index (κ1) is 14.5. The molecule has 0 radical (unpaired) electrons. The Morgan fingerprint density at radius 2 is 2.11 bits per heavy atom. The molecule has 1 aliphatic rings. The average Bonchev–Trinajstić information content (AvgIpc) is 2.72. The molecule has 0 bridgehead atoms. The van der Waals surface area contributed by atoms with Crippen LogP contribution in [0.5, 0.6) is 0 Å². The molecule has 0 aliphatic heterocycles. The predicted molar refractivity (Wildman–Crippen MR) is 84.3 cm³/mol. The summed E-state index contributed by atoms with van der Waals surface area (Å²) < 4.78 is 1.28. The molecule has 18 heavy (non-hydrogen) atoms. The summed E-state index contributed by atoms with van der Waals surface area (Å²) in [6.07, 6.45) is 6.67. The zero-order chi connectivity index (χ0) is 13.2. The summed E-state index contributed by atoms with van der Waals surface area (Å²) >= 11 is 5.52. The van der Waals surface area contributed by atoms with Crippen molar-refractivity contribution in [2.24, 2.45) is 11.3 Å². The molecular weight excluding hydrogens is 306 g/mol. The lowest BCUT2D eigenvalue weighted by Gasteiger charge is -2.38. The standard InChI is InChI=1S/C15H24BrNS/c1-15(2)7-4-11(5-8-15)13(17-3)10-14-12(16)6-9-18-14/h6,9,11,13,17H,4-5,7-8,10H2,1-3H3. The van der Waals surface area contributed by atoms with Gasteiger partial charge < -0.3 is 5.32 Å². The lowest BCUT2D eigenvalue weighted by molar-refractivity contribution is 0.164. The van der Waals surface area contributed by atoms with Crippen molar-refractivity contribution in [2.45, 2.75) is 52.0 Å². The van der Waals surface area contributed by atoms with E-state index in [1.165, 1.54) is 41.5 Å². The third-order valence-electron chi connectivity index (χ3n) is 4.42. The zero-order valence-corrected chi connectivity index (χ0v) is 14.0. The third-order valence-corrected chi connectivity index (χ3v) is 6.37. The SMILES string of the molecule is CNC(Cc1sccc1Br)C1CCC(C)(C)CC1. The van der Waals surface area contributed by atoms with Crippen molar-refractivity contribution in [1.82, 2.24) is 5.32 Å². The van der Waals surface area contributed by atoms with Gasteiger partial charge in [0.1, 0.15) is 0 Å². The summed E-state index contributed by atoms with van der Waals surface area (Å²) in [5.41, 5.74) is 0.568. The molecule has 1 N–H and O–H groups in total. The molecule has 1 fully saturated rings. The van der Waals surface area contributed by atoms with Crippen molar-refractivity contribution in [3.8, 4) is 0 Å². The van der Waals surface area contributed by atoms with E-state index in [-0.39, 0.29) is 0 Å². The highest BCUT2D eigenvalue weighted by atomic mass is 79.9. The van der Waals surface area contributed by atoms with E-state index in [0.29, 0.717) is 11.5 Å². The number of hydrogen-bond acceptors (Lipinski definition) is 2. The summed E-state index contributed by atoms with van der Waals surface area (Å²) in [6, 6.07) is 2.80. The Morgan fingerprint density at radius 3 is 2.61 bits per heavy atom. The first-order chi connectivity index (χ1) is 8.52. The Morgan fingerprint density at radius 1 is 1.44 bits per heavy atom. The van der Waals surface area contributed by atoms with Crippen LogP contribution in [0.25, 0.3) is 0 Å². The van der Waals surface area contributed by atoms with Crippen molar-refractivity contribution >= 4 is 27.3 Å². The van der Waals surface area contributed by atoms with Gasteiger partial charge in [-0.3, -0.25) is 0 Å². The predicted octanol–water partition coefficient (Wildman–Crippen LogP) is 4.86. The molecule has 1 nitrogen and oxygen atoms in total. The maximum atomic E-state index is 3.65. The Balaban J connectivity index is 1.96. The topological polar surface area (TPSA) is 12.0 Å². The van der Waals surface area contributed by atoms with E-state index in [9.17, 15) is 0 Å². The molecule has 1 atom stereocenters. The largest absolute Gasteiger partial charge is 0.316 e. The van der Waals surface area contributed by atoms with Gasteiger partial charge in [0, 0.05) is 15.4 Å². The molecule has 0 saturated heterocycles. The second-order valence-corrected chi connectivity index (χ2v) is 8.15. The van der Waals surface area contributed by atoms with Gasteiger partial charge in [-0.25, -0.2) is 0 Å². The number of likely N-dealkylation sites (N-methyl/N-ethyl adjacent to an activating group) is 1. The number of hydrogen-bond donors (Lipinski definition) is 1. The van der Waals surface area contributed by atoms with Gasteiger partial charge in [-0.1, -0.05) is 13.8 Å². The van der Waals surface area contributed by atoms with E-state index in [1.54, 1.807) is 0 Å². The van der Waals surface area contributed by atoms with Crippen molar-refractivity contribution in [2.75, 3.05) is 7.05 Å². The maximum absolute atomic E-state index is 3.65. The third kappa shape index (κ3) is 3.58. The van der Waals surface area contributed by atoms with Gasteiger partial charge in [0.25, 0.3) is 0 Å². The number of rotatable bonds is 4. The number of thiophene rings is 1. The summed E-state index contributed by atoms with van der Waals surface area (Å²) in [4.78, 5) is 1.49. The van der Waals surface area contributed by atoms with Gasteiger partial charge in [-0.05, 0) is 77.9 Å². The Kier molecular flexibility index (Phi) is 4.90. The normalized spacial score (nSPS) is 22.0. The summed E-state index contributed by atoms with van der Waals surface area (Å²) in [7, 11) is 2.12. The second kappa shape index (κ2) is 6.06. The highest BCUT2D eigenvalue weighted by Gasteiger charge is 2.31. The van der Waals surface area contributed by atoms with Gasteiger partial charge >= 0.3 is 0 Å². The molecule has 102 valence electrons. The number of halogens is 1. The molecule has 3 heteroatoms.